The van der Waals surface area contributed by atoms with Crippen LogP contribution < -0.4 is 10.9 Å². The zero-order chi connectivity index (χ0) is 29.9. The van der Waals surface area contributed by atoms with Crippen molar-refractivity contribution in [3.63, 3.8) is 0 Å². The largest absolute Gasteiger partial charge is 0.422 e. The molecule has 0 saturated carbocycles. The molecule has 2 N–H and O–H groups in total. The third kappa shape index (κ3) is 8.62. The summed E-state index contributed by atoms with van der Waals surface area (Å²) < 4.78 is 39.6. The number of nitrogens with zero attached hydrogens (tertiary/aromatic N) is 4. The third-order valence-corrected chi connectivity index (χ3v) is 7.24. The van der Waals surface area contributed by atoms with Crippen molar-refractivity contribution in [2.24, 2.45) is 5.92 Å². The number of carbonyl (C=O) groups is 1. The van der Waals surface area contributed by atoms with E-state index in [0.717, 1.165) is 37.9 Å². The van der Waals surface area contributed by atoms with Crippen molar-refractivity contribution in [2.75, 3.05) is 13.1 Å². The molecule has 1 amide bonds. The number of likely N-dealkylation sites (tertiary alicyclic amines) is 1. The van der Waals surface area contributed by atoms with Crippen LogP contribution in [-0.4, -0.2) is 45.1 Å². The maximum absolute atomic E-state index is 13.2. The monoisotopic (exact) mass is 562 g/mol. The molecule has 220 valence electrons. The molecule has 0 radical (unpaired) electrons. The van der Waals surface area contributed by atoms with E-state index in [1.54, 1.807) is 12.3 Å². The summed E-state index contributed by atoms with van der Waals surface area (Å²) in [6.45, 7) is 11.4. The van der Waals surface area contributed by atoms with Gasteiger partial charge >= 0.3 is 6.18 Å². The molecule has 8 nitrogen and oxygen atoms in total. The number of nitrogens with one attached hydrogen (secondary N) is 2. The van der Waals surface area contributed by atoms with Gasteiger partial charge in [-0.25, -0.2) is 5.10 Å². The fourth-order valence-corrected chi connectivity index (χ4v) is 5.17. The number of unbranched alkanes of at least 4 members (excludes halogenated alkanes) is 1. The van der Waals surface area contributed by atoms with E-state index in [4.69, 9.17) is 5.26 Å². The summed E-state index contributed by atoms with van der Waals surface area (Å²) in [6.07, 6.45) is 1.97. The molecule has 40 heavy (non-hydrogen) atoms. The van der Waals surface area contributed by atoms with E-state index in [1.165, 1.54) is 0 Å². The highest BCUT2D eigenvalue weighted by Crippen LogP contribution is 2.37. The fourth-order valence-electron chi connectivity index (χ4n) is 5.17. The van der Waals surface area contributed by atoms with E-state index in [0.29, 0.717) is 30.9 Å². The first kappa shape index (κ1) is 32.9. The van der Waals surface area contributed by atoms with Gasteiger partial charge in [0, 0.05) is 37.4 Å². The average Bonchev–Trinajstić information content (AvgIpc) is 3.51. The highest BCUT2D eigenvalue weighted by atomic mass is 19.4. The highest BCUT2D eigenvalue weighted by molar-refractivity contribution is 5.77. The Labute approximate surface area is 234 Å². The van der Waals surface area contributed by atoms with Gasteiger partial charge in [0.2, 0.25) is 5.91 Å². The van der Waals surface area contributed by atoms with Crippen molar-refractivity contribution in [1.82, 2.24) is 25.4 Å². The number of amides is 1. The number of H-pyrrole nitrogens is 1. The number of hydrogen-bond acceptors (Lipinski definition) is 6. The topological polar surface area (TPSA) is 115 Å². The van der Waals surface area contributed by atoms with Crippen LogP contribution in [0.15, 0.2) is 23.1 Å². The van der Waals surface area contributed by atoms with Gasteiger partial charge in [0.1, 0.15) is 11.6 Å². The lowest BCUT2D eigenvalue weighted by molar-refractivity contribution is -0.139. The second-order valence-electron chi connectivity index (χ2n) is 9.95. The first-order chi connectivity index (χ1) is 19.1. The number of aryl methyl sites for hydroxylation is 1. The van der Waals surface area contributed by atoms with Crippen molar-refractivity contribution in [3.8, 4) is 6.07 Å². The first-order valence-corrected chi connectivity index (χ1v) is 14.1. The van der Waals surface area contributed by atoms with Crippen LogP contribution in [0.1, 0.15) is 100 Å². The molecule has 2 aromatic heterocycles. The van der Waals surface area contributed by atoms with Crippen LogP contribution in [-0.2, 0) is 17.4 Å². The summed E-state index contributed by atoms with van der Waals surface area (Å²) in [7, 11) is 0. The second-order valence-corrected chi connectivity index (χ2v) is 9.95. The Morgan fingerprint density at radius 3 is 2.60 bits per heavy atom. The number of alkyl halides is 3. The van der Waals surface area contributed by atoms with Gasteiger partial charge < -0.3 is 10.2 Å². The molecule has 3 unspecified atom stereocenters. The molecule has 1 saturated heterocycles. The lowest BCUT2D eigenvalue weighted by Crippen LogP contribution is -2.39. The predicted octanol–water partition coefficient (Wildman–Crippen LogP) is 5.47. The van der Waals surface area contributed by atoms with Gasteiger partial charge in [0.05, 0.1) is 17.3 Å². The second kappa shape index (κ2) is 15.5. The Morgan fingerprint density at radius 2 is 2.00 bits per heavy atom. The zero-order valence-electron chi connectivity index (χ0n) is 24.1. The minimum Gasteiger partial charge on any atom is -0.339 e. The number of pyridine rings is 1. The lowest BCUT2D eigenvalue weighted by Gasteiger charge is -2.27. The number of carbonyl (C=O) groups excluding carboxylic acids is 1. The van der Waals surface area contributed by atoms with E-state index in [9.17, 15) is 22.8 Å². The van der Waals surface area contributed by atoms with Crippen LogP contribution in [0.3, 0.4) is 0 Å². The summed E-state index contributed by atoms with van der Waals surface area (Å²) >= 11 is 0. The fraction of sp³-hybridized carbons (Fsp3) is 0.621. The number of nitriles is 1. The van der Waals surface area contributed by atoms with Crippen LogP contribution >= 0.6 is 0 Å². The van der Waals surface area contributed by atoms with Gasteiger partial charge in [0.15, 0.2) is 0 Å². The Kier molecular flexibility index (Phi) is 12.8. The van der Waals surface area contributed by atoms with Crippen LogP contribution in [0.2, 0.25) is 0 Å². The van der Waals surface area contributed by atoms with Crippen molar-refractivity contribution in [1.29, 1.82) is 5.26 Å². The van der Waals surface area contributed by atoms with Gasteiger partial charge in [-0.05, 0) is 56.2 Å². The SMILES string of the molecule is CC.CCCCC1C(C)CCN1C(=O)CCNC1CCc2c1n[nH]c(=O)c2C(F)(F)F.Cc1ccc(C#N)cn1. The van der Waals surface area contributed by atoms with E-state index in [1.807, 2.05) is 42.9 Å². The highest BCUT2D eigenvalue weighted by Gasteiger charge is 2.41. The Hall–Kier alpha value is -3.26. The quantitative estimate of drug-likeness (QED) is 0.463. The Morgan fingerprint density at radius 1 is 1.27 bits per heavy atom. The normalized spacial score (nSPS) is 19.6. The average molecular weight is 563 g/mol. The molecule has 0 spiro atoms. The molecule has 0 bridgehead atoms. The minimum atomic E-state index is -4.70. The molecule has 2 aromatic rings. The van der Waals surface area contributed by atoms with E-state index >= 15 is 0 Å². The van der Waals surface area contributed by atoms with Crippen LogP contribution in [0.4, 0.5) is 13.2 Å². The van der Waals surface area contributed by atoms with E-state index < -0.39 is 17.3 Å². The van der Waals surface area contributed by atoms with Crippen molar-refractivity contribution in [3.05, 3.63) is 56.8 Å². The molecule has 4 rings (SSSR count). The zero-order valence-corrected chi connectivity index (χ0v) is 24.1. The molecule has 1 fully saturated rings. The summed E-state index contributed by atoms with van der Waals surface area (Å²) in [5.41, 5.74) is -0.589. The smallest absolute Gasteiger partial charge is 0.339 e. The van der Waals surface area contributed by atoms with Gasteiger partial charge in [-0.15, -0.1) is 0 Å². The predicted molar refractivity (Wildman–Crippen MR) is 147 cm³/mol. The number of rotatable bonds is 7. The van der Waals surface area contributed by atoms with Gasteiger partial charge in [0.25, 0.3) is 5.56 Å². The van der Waals surface area contributed by atoms with Crippen LogP contribution in [0.25, 0.3) is 0 Å². The first-order valence-electron chi connectivity index (χ1n) is 14.1. The molecule has 0 aromatic carbocycles. The Balaban J connectivity index is 0.000000428. The van der Waals surface area contributed by atoms with Crippen molar-refractivity contribution >= 4 is 5.91 Å². The third-order valence-electron chi connectivity index (χ3n) is 7.24. The standard InChI is InChI=1S/C20H29F3N4O2.C7H6N2.C2H6/c1-3-4-5-15-12(2)9-11-27(15)16(28)8-10-24-14-7-6-13-17(20(21,22)23)19(29)26-25-18(13)14;1-6-2-3-7(4-8)5-9-6;1-2/h12,14-15,24H,3-11H2,1-2H3,(H,26,29);2-3,5H,1H3;1-2H3. The Bertz CT molecular complexity index is 1190. The molecule has 1 aliphatic carbocycles. The molecule has 11 heteroatoms. The maximum atomic E-state index is 13.2. The van der Waals surface area contributed by atoms with Crippen molar-refractivity contribution < 1.29 is 18.0 Å². The summed E-state index contributed by atoms with van der Waals surface area (Å²) in [5, 5.41) is 17.3. The number of aromatic nitrogens is 3. The van der Waals surface area contributed by atoms with Gasteiger partial charge in [-0.2, -0.15) is 23.5 Å². The lowest BCUT2D eigenvalue weighted by atomic mass is 9.97. The number of hydrogen-bond donors (Lipinski definition) is 2. The van der Waals surface area contributed by atoms with E-state index in [-0.39, 0.29) is 35.7 Å². The summed E-state index contributed by atoms with van der Waals surface area (Å²) in [6, 6.07) is 5.46. The van der Waals surface area contributed by atoms with E-state index in [2.05, 4.69) is 29.2 Å². The van der Waals surface area contributed by atoms with Crippen molar-refractivity contribution in [2.45, 2.75) is 97.8 Å². The molecular weight excluding hydrogens is 521 g/mol. The molecule has 3 heterocycles. The molecular formula is C29H41F3N6O2. The van der Waals surface area contributed by atoms with Gasteiger partial charge in [-0.3, -0.25) is 14.6 Å². The van der Waals surface area contributed by atoms with Crippen LogP contribution in [0, 0.1) is 24.2 Å². The van der Waals surface area contributed by atoms with Crippen LogP contribution in [0.5, 0.6) is 0 Å². The number of fused-ring (bicyclic) bond motifs is 1. The molecule has 3 atom stereocenters. The molecule has 1 aliphatic heterocycles. The molecule has 2 aliphatic rings. The summed E-state index contributed by atoms with van der Waals surface area (Å²) in [5.74, 6) is 0.591. The number of halogens is 3. The maximum Gasteiger partial charge on any atom is 0.422 e. The van der Waals surface area contributed by atoms with Gasteiger partial charge in [-0.1, -0.05) is 40.5 Å². The summed E-state index contributed by atoms with van der Waals surface area (Å²) in [4.78, 5) is 30.2. The number of aromatic amines is 1. The minimum absolute atomic E-state index is 0.0296.